The molecule has 1 saturated heterocycles. The van der Waals surface area contributed by atoms with Gasteiger partial charge in [-0.25, -0.2) is 0 Å². The van der Waals surface area contributed by atoms with Crippen molar-refractivity contribution in [2.24, 2.45) is 0 Å². The van der Waals surface area contributed by atoms with E-state index in [9.17, 15) is 0 Å². The van der Waals surface area contributed by atoms with Crippen LogP contribution in [0.5, 0.6) is 0 Å². The van der Waals surface area contributed by atoms with Crippen molar-refractivity contribution in [2.75, 3.05) is 13.1 Å². The monoisotopic (exact) mass is 243 g/mol. The molecule has 0 aromatic carbocycles. The zero-order valence-corrected chi connectivity index (χ0v) is 9.22. The molecule has 0 aliphatic carbocycles. The fourth-order valence-electron chi connectivity index (χ4n) is 1.77. The van der Waals surface area contributed by atoms with Crippen molar-refractivity contribution in [2.45, 2.75) is 25.8 Å². The third-order valence-electron chi connectivity index (χ3n) is 2.46. The van der Waals surface area contributed by atoms with Gasteiger partial charge in [-0.3, -0.25) is 4.90 Å². The highest BCUT2D eigenvalue weighted by molar-refractivity contribution is 9.10. The Labute approximate surface area is 87.0 Å². The summed E-state index contributed by atoms with van der Waals surface area (Å²) in [5, 5.41) is 0. The molecular weight excluding hydrogens is 230 g/mol. The van der Waals surface area contributed by atoms with E-state index in [1.807, 2.05) is 12.1 Å². The van der Waals surface area contributed by atoms with Gasteiger partial charge in [0, 0.05) is 0 Å². The van der Waals surface area contributed by atoms with Gasteiger partial charge in [-0.1, -0.05) is 6.42 Å². The van der Waals surface area contributed by atoms with Crippen molar-refractivity contribution in [3.05, 3.63) is 22.6 Å². The van der Waals surface area contributed by atoms with Crippen molar-refractivity contribution >= 4 is 15.9 Å². The average molecular weight is 244 g/mol. The summed E-state index contributed by atoms with van der Waals surface area (Å²) in [4.78, 5) is 2.45. The van der Waals surface area contributed by atoms with Crippen molar-refractivity contribution in [1.82, 2.24) is 4.90 Å². The maximum Gasteiger partial charge on any atom is 0.169 e. The molecule has 3 heteroatoms. The van der Waals surface area contributed by atoms with Gasteiger partial charge in [0.15, 0.2) is 4.67 Å². The van der Waals surface area contributed by atoms with Crippen LogP contribution in [0.3, 0.4) is 0 Å². The van der Waals surface area contributed by atoms with Crippen LogP contribution in [0.2, 0.25) is 0 Å². The van der Waals surface area contributed by atoms with E-state index in [4.69, 9.17) is 4.42 Å². The van der Waals surface area contributed by atoms with E-state index in [0.717, 1.165) is 17.0 Å². The second-order valence-electron chi connectivity index (χ2n) is 3.54. The van der Waals surface area contributed by atoms with E-state index in [2.05, 4.69) is 20.8 Å². The number of hydrogen-bond donors (Lipinski definition) is 0. The minimum absolute atomic E-state index is 0.833. The van der Waals surface area contributed by atoms with Crippen LogP contribution in [-0.2, 0) is 6.54 Å². The van der Waals surface area contributed by atoms with Gasteiger partial charge in [0.05, 0.1) is 6.54 Å². The highest BCUT2D eigenvalue weighted by atomic mass is 79.9. The largest absolute Gasteiger partial charge is 0.453 e. The Morgan fingerprint density at radius 1 is 1.23 bits per heavy atom. The highest BCUT2D eigenvalue weighted by Crippen LogP contribution is 2.17. The Morgan fingerprint density at radius 2 is 2.00 bits per heavy atom. The lowest BCUT2D eigenvalue weighted by Gasteiger charge is -2.25. The smallest absolute Gasteiger partial charge is 0.169 e. The first-order valence-electron chi connectivity index (χ1n) is 4.81. The van der Waals surface area contributed by atoms with Gasteiger partial charge in [-0.15, -0.1) is 0 Å². The van der Waals surface area contributed by atoms with Crippen LogP contribution in [-0.4, -0.2) is 18.0 Å². The fraction of sp³-hybridized carbons (Fsp3) is 0.600. The molecule has 0 radical (unpaired) electrons. The Morgan fingerprint density at radius 3 is 2.62 bits per heavy atom. The molecule has 2 rings (SSSR count). The minimum atomic E-state index is 0.833. The molecule has 0 amide bonds. The second kappa shape index (κ2) is 4.29. The molecule has 0 unspecified atom stereocenters. The van der Waals surface area contributed by atoms with E-state index in [1.54, 1.807) is 0 Å². The van der Waals surface area contributed by atoms with E-state index in [1.165, 1.54) is 32.4 Å². The minimum Gasteiger partial charge on any atom is -0.453 e. The number of rotatable bonds is 2. The molecule has 72 valence electrons. The molecule has 1 aliphatic rings. The van der Waals surface area contributed by atoms with Crippen LogP contribution in [0, 0.1) is 0 Å². The van der Waals surface area contributed by atoms with Gasteiger partial charge >= 0.3 is 0 Å². The molecule has 2 nitrogen and oxygen atoms in total. The van der Waals surface area contributed by atoms with Crippen molar-refractivity contribution in [1.29, 1.82) is 0 Å². The first kappa shape index (κ1) is 9.28. The van der Waals surface area contributed by atoms with Crippen molar-refractivity contribution in [3.8, 4) is 0 Å². The van der Waals surface area contributed by atoms with E-state index >= 15 is 0 Å². The molecule has 0 bridgehead atoms. The number of nitrogens with zero attached hydrogens (tertiary/aromatic N) is 1. The van der Waals surface area contributed by atoms with E-state index in [0.29, 0.717) is 0 Å². The second-order valence-corrected chi connectivity index (χ2v) is 4.32. The molecule has 1 fully saturated rings. The van der Waals surface area contributed by atoms with Gasteiger partial charge < -0.3 is 4.42 Å². The van der Waals surface area contributed by atoms with E-state index in [-0.39, 0.29) is 0 Å². The first-order valence-corrected chi connectivity index (χ1v) is 5.60. The molecule has 1 aromatic heterocycles. The lowest BCUT2D eigenvalue weighted by Crippen LogP contribution is -2.28. The normalized spacial score (nSPS) is 19.2. The first-order chi connectivity index (χ1) is 6.34. The number of hydrogen-bond acceptors (Lipinski definition) is 2. The van der Waals surface area contributed by atoms with E-state index < -0.39 is 0 Å². The van der Waals surface area contributed by atoms with Crippen LogP contribution in [0.25, 0.3) is 0 Å². The van der Waals surface area contributed by atoms with Crippen LogP contribution in [0.4, 0.5) is 0 Å². The maximum absolute atomic E-state index is 5.46. The van der Waals surface area contributed by atoms with Crippen molar-refractivity contribution < 1.29 is 4.42 Å². The summed E-state index contributed by atoms with van der Waals surface area (Å²) >= 11 is 3.31. The van der Waals surface area contributed by atoms with Crippen LogP contribution in [0.1, 0.15) is 25.0 Å². The Balaban J connectivity index is 1.89. The molecule has 1 aromatic rings. The third-order valence-corrected chi connectivity index (χ3v) is 2.88. The average Bonchev–Trinajstić information content (AvgIpc) is 2.53. The summed E-state index contributed by atoms with van der Waals surface area (Å²) in [6.45, 7) is 3.40. The maximum atomic E-state index is 5.46. The number of piperidine rings is 1. The van der Waals surface area contributed by atoms with Gasteiger partial charge in [0.2, 0.25) is 0 Å². The summed E-state index contributed by atoms with van der Waals surface area (Å²) in [5.74, 6) is 1.06. The summed E-state index contributed by atoms with van der Waals surface area (Å²) in [6.07, 6.45) is 4.06. The Bertz CT molecular complexity index is 266. The van der Waals surface area contributed by atoms with Crippen molar-refractivity contribution in [3.63, 3.8) is 0 Å². The summed E-state index contributed by atoms with van der Waals surface area (Å²) < 4.78 is 6.29. The lowest BCUT2D eigenvalue weighted by atomic mass is 10.1. The predicted molar refractivity (Wildman–Crippen MR) is 55.5 cm³/mol. The molecule has 0 saturated carbocycles. The fourth-order valence-corrected chi connectivity index (χ4v) is 2.11. The van der Waals surface area contributed by atoms with Gasteiger partial charge in [0.1, 0.15) is 5.76 Å². The third kappa shape index (κ3) is 2.58. The molecule has 1 aliphatic heterocycles. The van der Waals surface area contributed by atoms with Gasteiger partial charge in [-0.05, 0) is 54.0 Å². The Hall–Kier alpha value is -0.280. The number of halogens is 1. The quantitative estimate of drug-likeness (QED) is 0.795. The molecule has 0 atom stereocenters. The molecule has 2 heterocycles. The SMILES string of the molecule is Brc1ccc(CN2CCCCC2)o1. The summed E-state index contributed by atoms with van der Waals surface area (Å²) in [7, 11) is 0. The van der Waals surface area contributed by atoms with Gasteiger partial charge in [-0.2, -0.15) is 0 Å². The zero-order valence-electron chi connectivity index (χ0n) is 7.63. The summed E-state index contributed by atoms with van der Waals surface area (Å²) in [5.41, 5.74) is 0. The highest BCUT2D eigenvalue weighted by Gasteiger charge is 2.11. The van der Waals surface area contributed by atoms with Gasteiger partial charge in [0.25, 0.3) is 0 Å². The summed E-state index contributed by atoms with van der Waals surface area (Å²) in [6, 6.07) is 4.00. The number of likely N-dealkylation sites (tertiary alicyclic amines) is 1. The molecule has 13 heavy (non-hydrogen) atoms. The molecular formula is C10H14BrNO. The standard InChI is InChI=1S/C10H14BrNO/c11-10-5-4-9(13-10)8-12-6-2-1-3-7-12/h4-5H,1-3,6-8H2. The molecule has 0 spiro atoms. The van der Waals surface area contributed by atoms with Crippen LogP contribution in [0.15, 0.2) is 21.2 Å². The molecule has 0 N–H and O–H groups in total. The van der Waals surface area contributed by atoms with Crippen LogP contribution >= 0.6 is 15.9 Å². The zero-order chi connectivity index (χ0) is 9.10. The lowest BCUT2D eigenvalue weighted by molar-refractivity contribution is 0.204. The Kier molecular flexibility index (Phi) is 3.06. The number of furan rings is 1. The predicted octanol–water partition coefficient (Wildman–Crippen LogP) is 3.03. The van der Waals surface area contributed by atoms with Crippen LogP contribution < -0.4 is 0 Å². The topological polar surface area (TPSA) is 16.4 Å².